The topological polar surface area (TPSA) is 50.4 Å². The molecule has 0 spiro atoms. The monoisotopic (exact) mass is 564 g/mol. The van der Waals surface area contributed by atoms with Gasteiger partial charge in [0.05, 0.1) is 0 Å². The van der Waals surface area contributed by atoms with Crippen LogP contribution >= 0.6 is 0 Å². The Kier molecular flexibility index (Phi) is 7.84. The van der Waals surface area contributed by atoms with Crippen molar-refractivity contribution in [3.05, 3.63) is 48.4 Å². The minimum absolute atomic E-state index is 0.0728. The van der Waals surface area contributed by atoms with E-state index < -0.39 is 0 Å². The summed E-state index contributed by atoms with van der Waals surface area (Å²) in [5, 5.41) is 3.12. The van der Waals surface area contributed by atoms with E-state index in [1.807, 2.05) is 6.08 Å². The molecule has 4 nitrogen and oxygen atoms in total. The number of halogens is 1. The zero-order valence-corrected chi connectivity index (χ0v) is 20.3. The summed E-state index contributed by atoms with van der Waals surface area (Å²) < 4.78 is 22.2. The van der Waals surface area contributed by atoms with E-state index >= 15 is 0 Å². The van der Waals surface area contributed by atoms with E-state index in [4.69, 9.17) is 4.74 Å². The first-order valence-corrected chi connectivity index (χ1v) is 12.0. The number of rotatable bonds is 7. The summed E-state index contributed by atoms with van der Waals surface area (Å²) >= 11 is 0.682. The van der Waals surface area contributed by atoms with Gasteiger partial charge in [-0.3, -0.25) is 0 Å². The summed E-state index contributed by atoms with van der Waals surface area (Å²) in [6.07, 6.45) is 17.3. The van der Waals surface area contributed by atoms with Crippen molar-refractivity contribution in [2.24, 2.45) is 29.6 Å². The molecule has 144 valence electrons. The number of carbonyl (C=O) groups is 1. The Morgan fingerprint density at radius 3 is 2.85 bits per heavy atom. The van der Waals surface area contributed by atoms with Crippen LogP contribution in [0, 0.1) is 29.6 Å². The average Bonchev–Trinajstić information content (AvgIpc) is 2.78. The molecule has 1 amide bonds. The van der Waals surface area contributed by atoms with Crippen LogP contribution < -0.4 is 8.44 Å². The van der Waals surface area contributed by atoms with Crippen LogP contribution in [0.5, 0.6) is 0 Å². The van der Waals surface area contributed by atoms with Gasteiger partial charge in [-0.25, -0.2) is 0 Å². The first-order chi connectivity index (χ1) is 13.1. The molecule has 3 aliphatic rings. The Balaban J connectivity index is 1.77. The van der Waals surface area contributed by atoms with E-state index in [1.165, 1.54) is 7.11 Å². The quantitative estimate of drug-likeness (QED) is 0.469. The molecule has 6 atom stereocenters. The summed E-state index contributed by atoms with van der Waals surface area (Å²) in [5.74, 6) is 1.80. The van der Waals surface area contributed by atoms with Gasteiger partial charge in [-0.2, -0.15) is 0 Å². The summed E-state index contributed by atoms with van der Waals surface area (Å²) in [6.45, 7) is 0.870. The number of nitrogens with one attached hydrogen (secondary N) is 2. The van der Waals surface area contributed by atoms with Gasteiger partial charge in [-0.05, 0) is 0 Å². The summed E-state index contributed by atoms with van der Waals surface area (Å²) in [6, 6.07) is 0.0760. The Labute approximate surface area is 177 Å². The first-order valence-electron chi connectivity index (χ1n) is 9.73. The molecule has 0 aromatic carbocycles. The second-order valence-corrected chi connectivity index (χ2v) is 9.41. The van der Waals surface area contributed by atoms with Gasteiger partial charge in [0.2, 0.25) is 0 Å². The normalized spacial score (nSPS) is 32.8. The van der Waals surface area contributed by atoms with Crippen molar-refractivity contribution in [2.45, 2.75) is 25.3 Å². The fourth-order valence-corrected chi connectivity index (χ4v) is 5.93. The molecule has 0 radical (unpaired) electrons. The fourth-order valence-electron chi connectivity index (χ4n) is 4.83. The van der Waals surface area contributed by atoms with E-state index in [0.29, 0.717) is 49.7 Å². The molecule has 0 bridgehead atoms. The van der Waals surface area contributed by atoms with Crippen molar-refractivity contribution < 1.29 is 13.9 Å². The number of hydrogen-bond donors (Lipinski definition) is 2. The third-order valence-electron chi connectivity index (χ3n) is 5.98. The predicted octanol–water partition coefficient (Wildman–Crippen LogP) is 2.60. The number of hydrogen-bond acceptors (Lipinski definition) is 3. The van der Waals surface area contributed by atoms with Gasteiger partial charge in [-0.15, -0.1) is 0 Å². The maximum atomic E-state index is 13.9. The molecule has 0 aromatic heterocycles. The van der Waals surface area contributed by atoms with Crippen molar-refractivity contribution in [3.63, 3.8) is 0 Å². The van der Waals surface area contributed by atoms with Gasteiger partial charge in [-0.1, -0.05) is 0 Å². The molecule has 4 unspecified atom stereocenters. The van der Waals surface area contributed by atoms with E-state index in [-0.39, 0.29) is 30.3 Å². The molecule has 0 aromatic rings. The van der Waals surface area contributed by atoms with Gasteiger partial charge < -0.3 is 0 Å². The first kappa shape index (κ1) is 20.9. The molecule has 3 rings (SSSR count). The summed E-state index contributed by atoms with van der Waals surface area (Å²) in [7, 11) is 1.54. The van der Waals surface area contributed by atoms with Crippen molar-refractivity contribution >= 4 is 32.0 Å². The number of fused-ring (bicyclic) bond motifs is 2. The van der Waals surface area contributed by atoms with Crippen LogP contribution in [-0.2, 0) is 9.53 Å². The number of methoxy groups -OCH3 is 1. The zero-order valence-electron chi connectivity index (χ0n) is 15.8. The summed E-state index contributed by atoms with van der Waals surface area (Å²) in [4.78, 5) is 12.0. The Hall–Kier alpha value is -0.798. The van der Waals surface area contributed by atoms with Crippen LogP contribution in [0.2, 0.25) is 0 Å². The molecule has 0 heterocycles. The minimum atomic E-state index is -0.113. The van der Waals surface area contributed by atoms with Gasteiger partial charge in [0, 0.05) is 0 Å². The summed E-state index contributed by atoms with van der Waals surface area (Å²) in [5.41, 5.74) is 0. The van der Waals surface area contributed by atoms with Crippen LogP contribution in [0.1, 0.15) is 19.3 Å². The van der Waals surface area contributed by atoms with Gasteiger partial charge in [0.1, 0.15) is 0 Å². The Bertz CT molecular complexity index is 646. The van der Waals surface area contributed by atoms with Gasteiger partial charge in [0.25, 0.3) is 0 Å². The van der Waals surface area contributed by atoms with E-state index in [9.17, 15) is 9.18 Å². The van der Waals surface area contributed by atoms with Crippen LogP contribution in [0.25, 0.3) is 0 Å². The molecule has 2 N–H and O–H groups in total. The van der Waals surface area contributed by atoms with Crippen LogP contribution in [0.3, 0.4) is 0 Å². The molecular weight excluding hydrogens is 536 g/mol. The molecule has 0 saturated heterocycles. The molecule has 1 saturated carbocycles. The number of ether oxygens (including phenoxy) is 1. The predicted molar refractivity (Wildman–Crippen MR) is 105 cm³/mol. The van der Waals surface area contributed by atoms with Crippen LogP contribution in [0.15, 0.2) is 48.4 Å². The molecule has 3 aliphatic carbocycles. The third-order valence-corrected chi connectivity index (χ3v) is 6.89. The second-order valence-electron chi connectivity index (χ2n) is 7.82. The number of carbonyl (C=O) groups excluding carboxylic acids is 1. The van der Waals surface area contributed by atoms with Crippen LogP contribution in [-0.4, -0.2) is 58.3 Å². The van der Waals surface area contributed by atoms with E-state index in [0.717, 1.165) is 25.8 Å². The molecule has 1 fully saturated rings. The van der Waals surface area contributed by atoms with Crippen molar-refractivity contribution in [3.8, 4) is 0 Å². The third kappa shape index (κ3) is 5.60. The Morgan fingerprint density at radius 1 is 1.26 bits per heavy atom. The van der Waals surface area contributed by atoms with Gasteiger partial charge in [0.15, 0.2) is 0 Å². The van der Waals surface area contributed by atoms with Crippen molar-refractivity contribution in [1.29, 1.82) is 0 Å². The number of amides is 1. The molecule has 6 heteroatoms. The zero-order chi connectivity index (χ0) is 19.2. The van der Waals surface area contributed by atoms with Gasteiger partial charge >= 0.3 is 178 Å². The standard InChI is InChI=1S/C21H28FN2O2.Tl/c1-26-13-21(25)24-19(12-23)11-17-9-16-10-18(22)7-6-14(16)8-15-4-2-3-5-20(15)17;/h2-7,10,14-17,19-20,23H,8-9,11-13H2,1H3,(H,24,25);/q-1;+1/t14?,15?,16?,17-,19-,20?;/m1./s1. The maximum absolute atomic E-state index is 13.9. The van der Waals surface area contributed by atoms with E-state index in [2.05, 4.69) is 38.8 Å². The van der Waals surface area contributed by atoms with Crippen LogP contribution in [0.4, 0.5) is 4.39 Å². The second kappa shape index (κ2) is 10.1. The molecule has 27 heavy (non-hydrogen) atoms. The van der Waals surface area contributed by atoms with Crippen molar-refractivity contribution in [2.75, 3.05) is 20.3 Å². The fraction of sp³-hybridized carbons (Fsp3) is 0.571. The Morgan fingerprint density at radius 2 is 2.07 bits per heavy atom. The molecular formula is C21H28FN2O2Tl. The average molecular weight is 564 g/mol. The SMILES string of the molecule is COCC(=O)N[C@@H](C[NH][Tl])C[C@H]1CC2C=C(F)C=CC2CC2C=CC=CC21. The molecule has 0 aliphatic heterocycles. The number of allylic oxidation sites excluding steroid dienone is 8. The van der Waals surface area contributed by atoms with E-state index in [1.54, 1.807) is 6.08 Å². The van der Waals surface area contributed by atoms with Crippen molar-refractivity contribution in [1.82, 2.24) is 8.44 Å².